The molecule has 3 N–H and O–H groups in total. The number of likely N-dealkylation sites (N-methyl/N-ethyl adjacent to an activating group) is 2. The Morgan fingerprint density at radius 3 is 2.54 bits per heavy atom. The van der Waals surface area contributed by atoms with Crippen LogP contribution in [0.15, 0.2) is 55.4 Å². The molecule has 0 aliphatic carbocycles. The van der Waals surface area contributed by atoms with Crippen LogP contribution in [-0.2, 0) is 4.79 Å². The molecule has 37 heavy (non-hydrogen) atoms. The lowest BCUT2D eigenvalue weighted by Crippen LogP contribution is -2.29. The first kappa shape index (κ1) is 27.1. The van der Waals surface area contributed by atoms with Gasteiger partial charge in [0.2, 0.25) is 11.9 Å². The number of carbonyl (C=O) groups excluding carboxylic acids is 2. The normalized spacial score (nSPS) is 10.5. The van der Waals surface area contributed by atoms with Gasteiger partial charge in [0.1, 0.15) is 12.1 Å². The zero-order valence-corrected chi connectivity index (χ0v) is 21.7. The molecule has 0 unspecified atom stereocenters. The number of hydrogen-bond acceptors (Lipinski definition) is 9. The Bertz CT molecular complexity index is 1280. The van der Waals surface area contributed by atoms with Gasteiger partial charge in [-0.05, 0) is 38.4 Å². The second-order valence-electron chi connectivity index (χ2n) is 8.41. The summed E-state index contributed by atoms with van der Waals surface area (Å²) in [4.78, 5) is 41.3. The molecule has 0 aliphatic heterocycles. The Hall–Kier alpha value is -4.51. The molecule has 2 aromatic carbocycles. The molecule has 2 amide bonds. The number of amides is 2. The highest BCUT2D eigenvalue weighted by molar-refractivity contribution is 6.02. The van der Waals surface area contributed by atoms with E-state index in [2.05, 4.69) is 42.4 Å². The number of ether oxygens (including phenoxy) is 1. The third kappa shape index (κ3) is 7.01. The largest absolute Gasteiger partial charge is 0.494 e. The average molecular weight is 505 g/mol. The molecule has 0 spiro atoms. The van der Waals surface area contributed by atoms with Crippen molar-refractivity contribution in [3.8, 4) is 17.1 Å². The monoisotopic (exact) mass is 504 g/mol. The van der Waals surface area contributed by atoms with E-state index in [0.29, 0.717) is 34.1 Å². The van der Waals surface area contributed by atoms with E-state index in [1.807, 2.05) is 38.2 Å². The van der Waals surface area contributed by atoms with E-state index in [4.69, 9.17) is 4.74 Å². The van der Waals surface area contributed by atoms with Crippen molar-refractivity contribution >= 4 is 34.8 Å². The number of aromatic nitrogens is 3. The Labute approximate surface area is 216 Å². The molecule has 0 atom stereocenters. The minimum absolute atomic E-state index is 0.205. The Morgan fingerprint density at radius 2 is 1.86 bits per heavy atom. The summed E-state index contributed by atoms with van der Waals surface area (Å²) in [5, 5.41) is 8.63. The molecule has 0 radical (unpaired) electrons. The zero-order valence-electron chi connectivity index (χ0n) is 21.7. The maximum atomic E-state index is 12.2. The lowest BCUT2D eigenvalue weighted by molar-refractivity contribution is -0.111. The summed E-state index contributed by atoms with van der Waals surface area (Å²) in [6.45, 7) is 5.10. The Morgan fingerprint density at radius 1 is 1.08 bits per heavy atom. The summed E-state index contributed by atoms with van der Waals surface area (Å²) in [6.07, 6.45) is 2.60. The second-order valence-corrected chi connectivity index (χ2v) is 8.41. The molecule has 1 heterocycles. The van der Waals surface area contributed by atoms with Gasteiger partial charge in [-0.3, -0.25) is 9.59 Å². The van der Waals surface area contributed by atoms with Crippen LogP contribution in [0.1, 0.15) is 10.4 Å². The first-order chi connectivity index (χ1) is 17.7. The van der Waals surface area contributed by atoms with Crippen LogP contribution in [0.2, 0.25) is 0 Å². The average Bonchev–Trinajstić information content (AvgIpc) is 2.91. The van der Waals surface area contributed by atoms with Crippen LogP contribution >= 0.6 is 0 Å². The van der Waals surface area contributed by atoms with Gasteiger partial charge in [-0.25, -0.2) is 9.97 Å². The zero-order chi connectivity index (χ0) is 26.9. The standard InChI is InChI=1S/C26H32N8O3/c1-7-23(35)30-19-14-20(22(37-6)15-21(19)34(5)12-11-33(3)4)31-26-29-16-28-24(32-26)17-9-8-10-18(13-17)25(36)27-2/h7-10,13-16H,1,11-12H2,2-6H3,(H,27,36)(H,30,35)(H,28,29,31,32). The van der Waals surface area contributed by atoms with Crippen LogP contribution < -0.4 is 25.6 Å². The molecule has 1 aromatic heterocycles. The first-order valence-electron chi connectivity index (χ1n) is 11.6. The van der Waals surface area contributed by atoms with Crippen LogP contribution in [0.5, 0.6) is 5.75 Å². The van der Waals surface area contributed by atoms with E-state index in [1.165, 1.54) is 12.4 Å². The highest BCUT2D eigenvalue weighted by atomic mass is 16.5. The summed E-state index contributed by atoms with van der Waals surface area (Å²) >= 11 is 0. The van der Waals surface area contributed by atoms with Crippen LogP contribution in [-0.4, -0.2) is 80.1 Å². The fourth-order valence-electron chi connectivity index (χ4n) is 3.47. The number of methoxy groups -OCH3 is 1. The van der Waals surface area contributed by atoms with E-state index < -0.39 is 0 Å². The summed E-state index contributed by atoms with van der Waals surface area (Å²) in [7, 11) is 9.08. The van der Waals surface area contributed by atoms with Crippen molar-refractivity contribution in [1.82, 2.24) is 25.2 Å². The highest BCUT2D eigenvalue weighted by Crippen LogP contribution is 2.38. The maximum Gasteiger partial charge on any atom is 0.251 e. The van der Waals surface area contributed by atoms with E-state index in [1.54, 1.807) is 38.4 Å². The van der Waals surface area contributed by atoms with Crippen LogP contribution in [0.4, 0.5) is 23.0 Å². The fraction of sp³-hybridized carbons (Fsp3) is 0.269. The van der Waals surface area contributed by atoms with Gasteiger partial charge in [-0.1, -0.05) is 18.7 Å². The fourth-order valence-corrected chi connectivity index (χ4v) is 3.47. The lowest BCUT2D eigenvalue weighted by Gasteiger charge is -2.26. The number of anilines is 4. The van der Waals surface area contributed by atoms with Crippen molar-refractivity contribution in [3.05, 3.63) is 60.9 Å². The summed E-state index contributed by atoms with van der Waals surface area (Å²) in [6, 6.07) is 10.6. The Kier molecular flexibility index (Phi) is 9.11. The van der Waals surface area contributed by atoms with E-state index in [9.17, 15) is 9.59 Å². The number of carbonyl (C=O) groups is 2. The molecule has 194 valence electrons. The predicted octanol–water partition coefficient (Wildman–Crippen LogP) is 2.77. The van der Waals surface area contributed by atoms with Gasteiger partial charge >= 0.3 is 0 Å². The third-order valence-corrected chi connectivity index (χ3v) is 5.48. The van der Waals surface area contributed by atoms with Gasteiger partial charge in [0, 0.05) is 44.4 Å². The van der Waals surface area contributed by atoms with Gasteiger partial charge in [0.05, 0.1) is 24.2 Å². The van der Waals surface area contributed by atoms with Gasteiger partial charge < -0.3 is 30.5 Å². The van der Waals surface area contributed by atoms with Crippen LogP contribution in [0.3, 0.4) is 0 Å². The van der Waals surface area contributed by atoms with Gasteiger partial charge in [0.25, 0.3) is 5.91 Å². The lowest BCUT2D eigenvalue weighted by atomic mass is 10.1. The SMILES string of the molecule is C=CC(=O)Nc1cc(Nc2ncnc(-c3cccc(C(=O)NC)c3)n2)c(OC)cc1N(C)CCN(C)C. The molecule has 0 saturated carbocycles. The topological polar surface area (TPSA) is 125 Å². The number of hydrogen-bond donors (Lipinski definition) is 3. The second kappa shape index (κ2) is 12.5. The van der Waals surface area contributed by atoms with E-state index in [-0.39, 0.29) is 17.8 Å². The molecule has 0 saturated heterocycles. The smallest absolute Gasteiger partial charge is 0.251 e. The van der Waals surface area contributed by atoms with Crippen molar-refractivity contribution < 1.29 is 14.3 Å². The number of rotatable bonds is 11. The van der Waals surface area contributed by atoms with Crippen LogP contribution in [0, 0.1) is 0 Å². The minimum Gasteiger partial charge on any atom is -0.494 e. The number of nitrogens with zero attached hydrogens (tertiary/aromatic N) is 5. The first-order valence-corrected chi connectivity index (χ1v) is 11.6. The molecule has 3 aromatic rings. The molecular formula is C26H32N8O3. The third-order valence-electron chi connectivity index (χ3n) is 5.48. The van der Waals surface area contributed by atoms with Crippen molar-refractivity contribution in [1.29, 1.82) is 0 Å². The number of nitrogens with one attached hydrogen (secondary N) is 3. The van der Waals surface area contributed by atoms with Crippen molar-refractivity contribution in [2.45, 2.75) is 0 Å². The minimum atomic E-state index is -0.336. The highest BCUT2D eigenvalue weighted by Gasteiger charge is 2.17. The van der Waals surface area contributed by atoms with Gasteiger partial charge in [-0.15, -0.1) is 0 Å². The van der Waals surface area contributed by atoms with E-state index >= 15 is 0 Å². The van der Waals surface area contributed by atoms with Gasteiger partial charge in [0.15, 0.2) is 5.82 Å². The molecule has 11 nitrogen and oxygen atoms in total. The molecule has 11 heteroatoms. The predicted molar refractivity (Wildman–Crippen MR) is 146 cm³/mol. The summed E-state index contributed by atoms with van der Waals surface area (Å²) < 4.78 is 5.64. The molecule has 0 aliphatic rings. The van der Waals surface area contributed by atoms with Gasteiger partial charge in [-0.2, -0.15) is 4.98 Å². The van der Waals surface area contributed by atoms with Crippen molar-refractivity contribution in [2.75, 3.05) is 63.9 Å². The maximum absolute atomic E-state index is 12.2. The van der Waals surface area contributed by atoms with Crippen molar-refractivity contribution in [2.24, 2.45) is 0 Å². The molecule has 0 fully saturated rings. The van der Waals surface area contributed by atoms with Crippen LogP contribution in [0.25, 0.3) is 11.4 Å². The quantitative estimate of drug-likeness (QED) is 0.338. The van der Waals surface area contributed by atoms with Crippen molar-refractivity contribution in [3.63, 3.8) is 0 Å². The van der Waals surface area contributed by atoms with E-state index in [0.717, 1.165) is 18.8 Å². The molecule has 3 rings (SSSR count). The molecular weight excluding hydrogens is 472 g/mol. The molecule has 0 bridgehead atoms. The Balaban J connectivity index is 1.97. The summed E-state index contributed by atoms with van der Waals surface area (Å²) in [5.41, 5.74) is 3.05. The summed E-state index contributed by atoms with van der Waals surface area (Å²) in [5.74, 6) is 0.651. The number of benzene rings is 2.